The van der Waals surface area contributed by atoms with E-state index in [-0.39, 0.29) is 25.2 Å². The standard InChI is InChI=1S/C15H18O5/c1-11(16)19-9-14(10-20-12(2)17)8-13-4-6-15(18-3)7-5-13/h4-8H,9-10H2,1-3H3. The molecule has 0 atom stereocenters. The Kier molecular flexibility index (Phi) is 6.29. The van der Waals surface area contributed by atoms with Crippen molar-refractivity contribution in [1.82, 2.24) is 0 Å². The SMILES string of the molecule is COc1ccc(C=C(COC(C)=O)COC(C)=O)cc1. The molecule has 5 nitrogen and oxygen atoms in total. The molecule has 0 heterocycles. The minimum absolute atomic E-state index is 0.0919. The van der Waals surface area contributed by atoms with Gasteiger partial charge in [0, 0.05) is 19.4 Å². The molecule has 0 amide bonds. The smallest absolute Gasteiger partial charge is 0.302 e. The lowest BCUT2D eigenvalue weighted by Gasteiger charge is -2.08. The van der Waals surface area contributed by atoms with E-state index in [2.05, 4.69) is 0 Å². The third kappa shape index (κ3) is 6.04. The van der Waals surface area contributed by atoms with E-state index in [9.17, 15) is 9.59 Å². The van der Waals surface area contributed by atoms with Gasteiger partial charge in [0.1, 0.15) is 19.0 Å². The topological polar surface area (TPSA) is 61.8 Å². The van der Waals surface area contributed by atoms with Crippen molar-refractivity contribution in [3.63, 3.8) is 0 Å². The Morgan fingerprint density at radius 3 is 1.90 bits per heavy atom. The number of esters is 2. The van der Waals surface area contributed by atoms with Crippen LogP contribution in [-0.2, 0) is 19.1 Å². The van der Waals surface area contributed by atoms with Crippen molar-refractivity contribution in [3.8, 4) is 5.75 Å². The molecule has 1 aromatic rings. The van der Waals surface area contributed by atoms with Gasteiger partial charge in [0.2, 0.25) is 0 Å². The number of hydrogen-bond acceptors (Lipinski definition) is 5. The van der Waals surface area contributed by atoms with E-state index in [0.29, 0.717) is 5.57 Å². The first-order valence-electron chi connectivity index (χ1n) is 6.11. The summed E-state index contributed by atoms with van der Waals surface area (Å²) in [5, 5.41) is 0. The molecule has 0 spiro atoms. The summed E-state index contributed by atoms with van der Waals surface area (Å²) >= 11 is 0. The first kappa shape index (κ1) is 15.8. The Morgan fingerprint density at radius 1 is 1.00 bits per heavy atom. The highest BCUT2D eigenvalue weighted by Crippen LogP contribution is 2.14. The maximum Gasteiger partial charge on any atom is 0.302 e. The number of carbonyl (C=O) groups is 2. The van der Waals surface area contributed by atoms with Gasteiger partial charge in [-0.2, -0.15) is 0 Å². The number of hydrogen-bond donors (Lipinski definition) is 0. The Labute approximate surface area is 118 Å². The van der Waals surface area contributed by atoms with Gasteiger partial charge in [-0.05, 0) is 23.8 Å². The first-order valence-corrected chi connectivity index (χ1v) is 6.11. The predicted molar refractivity (Wildman–Crippen MR) is 74.2 cm³/mol. The molecule has 1 rings (SSSR count). The molecule has 1 aromatic carbocycles. The van der Waals surface area contributed by atoms with Crippen LogP contribution in [-0.4, -0.2) is 32.3 Å². The van der Waals surface area contributed by atoms with Gasteiger partial charge >= 0.3 is 11.9 Å². The summed E-state index contributed by atoms with van der Waals surface area (Å²) < 4.78 is 14.9. The van der Waals surface area contributed by atoms with E-state index in [1.165, 1.54) is 13.8 Å². The van der Waals surface area contributed by atoms with Crippen molar-refractivity contribution in [2.24, 2.45) is 0 Å². The molecule has 0 aliphatic heterocycles. The predicted octanol–water partition coefficient (Wildman–Crippen LogP) is 2.20. The van der Waals surface area contributed by atoms with E-state index in [1.54, 1.807) is 7.11 Å². The maximum absolute atomic E-state index is 10.8. The number of benzene rings is 1. The second-order valence-corrected chi connectivity index (χ2v) is 4.14. The molecule has 5 heteroatoms. The molecule has 0 radical (unpaired) electrons. The number of carbonyl (C=O) groups excluding carboxylic acids is 2. The lowest BCUT2D eigenvalue weighted by molar-refractivity contribution is -0.141. The molecule has 0 aliphatic rings. The highest BCUT2D eigenvalue weighted by atomic mass is 16.5. The summed E-state index contributed by atoms with van der Waals surface area (Å²) in [7, 11) is 1.59. The Hall–Kier alpha value is -2.30. The third-order valence-corrected chi connectivity index (χ3v) is 2.41. The lowest BCUT2D eigenvalue weighted by Crippen LogP contribution is -2.10. The average Bonchev–Trinajstić information content (AvgIpc) is 2.42. The molecule has 0 fully saturated rings. The molecule has 0 unspecified atom stereocenters. The summed E-state index contributed by atoms with van der Waals surface area (Å²) in [5.41, 5.74) is 1.60. The molecule has 0 aromatic heterocycles. The van der Waals surface area contributed by atoms with Crippen LogP contribution in [0.3, 0.4) is 0 Å². The zero-order chi connectivity index (χ0) is 15.0. The lowest BCUT2D eigenvalue weighted by atomic mass is 10.1. The average molecular weight is 278 g/mol. The molecule has 108 valence electrons. The molecule has 0 bridgehead atoms. The fourth-order valence-corrected chi connectivity index (χ4v) is 1.45. The van der Waals surface area contributed by atoms with Gasteiger partial charge in [-0.3, -0.25) is 9.59 Å². The van der Waals surface area contributed by atoms with Crippen molar-refractivity contribution < 1.29 is 23.8 Å². The highest BCUT2D eigenvalue weighted by molar-refractivity contribution is 5.67. The Balaban J connectivity index is 2.79. The van der Waals surface area contributed by atoms with Crippen LogP contribution >= 0.6 is 0 Å². The van der Waals surface area contributed by atoms with Crippen molar-refractivity contribution >= 4 is 18.0 Å². The molecule has 0 N–H and O–H groups in total. The van der Waals surface area contributed by atoms with E-state index >= 15 is 0 Å². The Bertz CT molecular complexity index is 467. The van der Waals surface area contributed by atoms with Gasteiger partial charge in [0.15, 0.2) is 0 Å². The van der Waals surface area contributed by atoms with E-state index in [4.69, 9.17) is 14.2 Å². The zero-order valence-corrected chi connectivity index (χ0v) is 11.8. The number of rotatable bonds is 6. The second-order valence-electron chi connectivity index (χ2n) is 4.14. The van der Waals surface area contributed by atoms with Crippen LogP contribution in [0.4, 0.5) is 0 Å². The third-order valence-electron chi connectivity index (χ3n) is 2.41. The molecular weight excluding hydrogens is 260 g/mol. The number of ether oxygens (including phenoxy) is 3. The van der Waals surface area contributed by atoms with Crippen molar-refractivity contribution in [2.45, 2.75) is 13.8 Å². The maximum atomic E-state index is 10.8. The van der Waals surface area contributed by atoms with E-state index in [0.717, 1.165) is 11.3 Å². The highest BCUT2D eigenvalue weighted by Gasteiger charge is 2.04. The van der Waals surface area contributed by atoms with Gasteiger partial charge in [-0.1, -0.05) is 12.1 Å². The summed E-state index contributed by atoms with van der Waals surface area (Å²) in [5.74, 6) is -0.00872. The largest absolute Gasteiger partial charge is 0.497 e. The van der Waals surface area contributed by atoms with Crippen LogP contribution in [0.25, 0.3) is 6.08 Å². The quantitative estimate of drug-likeness (QED) is 0.746. The normalized spacial score (nSPS) is 9.55. The number of methoxy groups -OCH3 is 1. The minimum atomic E-state index is -0.381. The molecular formula is C15H18O5. The van der Waals surface area contributed by atoms with Crippen molar-refractivity contribution in [2.75, 3.05) is 20.3 Å². The van der Waals surface area contributed by atoms with Gasteiger partial charge in [-0.15, -0.1) is 0 Å². The van der Waals surface area contributed by atoms with Crippen molar-refractivity contribution in [1.29, 1.82) is 0 Å². The molecule has 0 saturated carbocycles. The van der Waals surface area contributed by atoms with Gasteiger partial charge in [0.25, 0.3) is 0 Å². The Morgan fingerprint density at radius 2 is 1.50 bits per heavy atom. The van der Waals surface area contributed by atoms with Crippen LogP contribution in [0.5, 0.6) is 5.75 Å². The van der Waals surface area contributed by atoms with Crippen LogP contribution in [0.15, 0.2) is 29.8 Å². The summed E-state index contributed by atoms with van der Waals surface area (Å²) in [6.07, 6.45) is 1.81. The summed E-state index contributed by atoms with van der Waals surface area (Å²) in [6.45, 7) is 2.84. The second kappa shape index (κ2) is 7.99. The van der Waals surface area contributed by atoms with E-state index < -0.39 is 0 Å². The van der Waals surface area contributed by atoms with E-state index in [1.807, 2.05) is 30.3 Å². The fraction of sp³-hybridized carbons (Fsp3) is 0.333. The van der Waals surface area contributed by atoms with Gasteiger partial charge < -0.3 is 14.2 Å². The first-order chi connectivity index (χ1) is 9.51. The molecule has 20 heavy (non-hydrogen) atoms. The van der Waals surface area contributed by atoms with Crippen LogP contribution in [0.2, 0.25) is 0 Å². The van der Waals surface area contributed by atoms with Crippen LogP contribution in [0.1, 0.15) is 19.4 Å². The monoisotopic (exact) mass is 278 g/mol. The van der Waals surface area contributed by atoms with Gasteiger partial charge in [0.05, 0.1) is 7.11 Å². The van der Waals surface area contributed by atoms with Crippen LogP contribution in [0, 0.1) is 0 Å². The zero-order valence-electron chi connectivity index (χ0n) is 11.8. The molecule has 0 aliphatic carbocycles. The fourth-order valence-electron chi connectivity index (χ4n) is 1.45. The summed E-state index contributed by atoms with van der Waals surface area (Å²) in [4.78, 5) is 21.7. The minimum Gasteiger partial charge on any atom is -0.497 e. The van der Waals surface area contributed by atoms with Crippen molar-refractivity contribution in [3.05, 3.63) is 35.4 Å². The molecule has 0 saturated heterocycles. The van der Waals surface area contributed by atoms with Gasteiger partial charge in [-0.25, -0.2) is 0 Å². The van der Waals surface area contributed by atoms with Crippen LogP contribution < -0.4 is 4.74 Å². The summed E-state index contributed by atoms with van der Waals surface area (Å²) in [6, 6.07) is 7.36.